The predicted octanol–water partition coefficient (Wildman–Crippen LogP) is 5.69. The molecule has 0 aromatic heterocycles. The van der Waals surface area contributed by atoms with Gasteiger partial charge in [-0.25, -0.2) is 0 Å². The van der Waals surface area contributed by atoms with Crippen molar-refractivity contribution in [3.63, 3.8) is 0 Å². The van der Waals surface area contributed by atoms with E-state index in [1.807, 2.05) is 12.2 Å². The van der Waals surface area contributed by atoms with Crippen LogP contribution in [0.25, 0.3) is 46.2 Å². The van der Waals surface area contributed by atoms with Gasteiger partial charge in [0.25, 0.3) is 0 Å². The molecular formula is C30H33BO2. The summed E-state index contributed by atoms with van der Waals surface area (Å²) < 4.78 is 13.0. The summed E-state index contributed by atoms with van der Waals surface area (Å²) in [5.41, 5.74) is 4.54. The van der Waals surface area contributed by atoms with E-state index >= 15 is 0 Å². The molecule has 1 heterocycles. The highest BCUT2D eigenvalue weighted by molar-refractivity contribution is 6.66. The third kappa shape index (κ3) is 3.60. The van der Waals surface area contributed by atoms with E-state index in [9.17, 15) is 0 Å². The van der Waals surface area contributed by atoms with Gasteiger partial charge in [0.2, 0.25) is 0 Å². The Morgan fingerprint density at radius 1 is 0.758 bits per heavy atom. The maximum absolute atomic E-state index is 6.51. The maximum atomic E-state index is 6.51. The monoisotopic (exact) mass is 436 g/mol. The Morgan fingerprint density at radius 3 is 1.91 bits per heavy atom. The van der Waals surface area contributed by atoms with Crippen LogP contribution in [0.5, 0.6) is 0 Å². The molecule has 0 saturated carbocycles. The van der Waals surface area contributed by atoms with E-state index < -0.39 is 18.3 Å². The Balaban J connectivity index is 2.16. The molecule has 0 N–H and O–H groups in total. The van der Waals surface area contributed by atoms with Crippen LogP contribution in [0.15, 0.2) is 55.6 Å². The molecular weight excluding hydrogens is 403 g/mol. The van der Waals surface area contributed by atoms with Gasteiger partial charge in [-0.3, -0.25) is 0 Å². The molecule has 3 aromatic carbocycles. The van der Waals surface area contributed by atoms with E-state index in [4.69, 9.17) is 9.31 Å². The lowest BCUT2D eigenvalue weighted by molar-refractivity contribution is 0.00578. The molecule has 0 atom stereocenters. The van der Waals surface area contributed by atoms with Crippen LogP contribution >= 0.6 is 0 Å². The van der Waals surface area contributed by atoms with E-state index in [0.29, 0.717) is 0 Å². The molecule has 1 aliphatic rings. The molecule has 0 radical (unpaired) electrons. The Bertz CT molecular complexity index is 1360. The quantitative estimate of drug-likeness (QED) is 0.489. The van der Waals surface area contributed by atoms with Crippen molar-refractivity contribution in [1.29, 1.82) is 0 Å². The first-order valence-corrected chi connectivity index (χ1v) is 11.6. The molecule has 2 nitrogen and oxygen atoms in total. The van der Waals surface area contributed by atoms with Gasteiger partial charge >= 0.3 is 7.12 Å². The van der Waals surface area contributed by atoms with Crippen molar-refractivity contribution in [1.82, 2.24) is 0 Å². The fraction of sp³-hybridized carbons (Fsp3) is 0.267. The first-order valence-electron chi connectivity index (χ1n) is 11.6. The first-order chi connectivity index (χ1) is 15.7. The van der Waals surface area contributed by atoms with Crippen LogP contribution in [0.1, 0.15) is 52.7 Å². The SMILES string of the molecule is C=Cc1c(C=C)c(-c2cccc(=C/C)/c2=C\C)c2ccccc2c1B1OC(C)(C)C(C)(C)O1. The van der Waals surface area contributed by atoms with Crippen molar-refractivity contribution in [3.8, 4) is 11.1 Å². The van der Waals surface area contributed by atoms with Gasteiger partial charge in [0.15, 0.2) is 0 Å². The van der Waals surface area contributed by atoms with E-state index in [-0.39, 0.29) is 0 Å². The number of benzene rings is 3. The van der Waals surface area contributed by atoms with Gasteiger partial charge in [-0.15, -0.1) is 0 Å². The molecule has 33 heavy (non-hydrogen) atoms. The normalized spacial score (nSPS) is 18.2. The second-order valence-electron chi connectivity index (χ2n) is 9.54. The molecule has 0 bridgehead atoms. The van der Waals surface area contributed by atoms with Crippen LogP contribution in [0.3, 0.4) is 0 Å². The highest BCUT2D eigenvalue weighted by atomic mass is 16.7. The zero-order chi connectivity index (χ0) is 24.0. The van der Waals surface area contributed by atoms with Gasteiger partial charge in [-0.1, -0.05) is 79.9 Å². The van der Waals surface area contributed by atoms with Crippen molar-refractivity contribution in [2.75, 3.05) is 0 Å². The Labute approximate surface area is 198 Å². The average molecular weight is 436 g/mol. The van der Waals surface area contributed by atoms with E-state index in [1.165, 1.54) is 16.0 Å². The molecule has 0 unspecified atom stereocenters. The topological polar surface area (TPSA) is 18.5 Å². The summed E-state index contributed by atoms with van der Waals surface area (Å²) in [6.45, 7) is 20.9. The minimum absolute atomic E-state index is 0.431. The molecule has 0 amide bonds. The highest BCUT2D eigenvalue weighted by Gasteiger charge is 2.52. The minimum atomic E-state index is -0.492. The number of rotatable bonds is 4. The molecule has 0 spiro atoms. The van der Waals surface area contributed by atoms with Crippen LogP contribution in [0, 0.1) is 0 Å². The molecule has 4 rings (SSSR count). The lowest BCUT2D eigenvalue weighted by Gasteiger charge is -2.32. The summed E-state index contributed by atoms with van der Waals surface area (Å²) >= 11 is 0. The predicted molar refractivity (Wildman–Crippen MR) is 145 cm³/mol. The summed E-state index contributed by atoms with van der Waals surface area (Å²) in [6.07, 6.45) is 8.19. The lowest BCUT2D eigenvalue weighted by Crippen LogP contribution is -2.41. The van der Waals surface area contributed by atoms with Gasteiger partial charge in [-0.05, 0) is 90.5 Å². The summed E-state index contributed by atoms with van der Waals surface area (Å²) in [5, 5.41) is 4.69. The fourth-order valence-electron chi connectivity index (χ4n) is 4.82. The van der Waals surface area contributed by atoms with Gasteiger partial charge in [0.1, 0.15) is 0 Å². The van der Waals surface area contributed by atoms with Crippen molar-refractivity contribution < 1.29 is 9.31 Å². The summed E-state index contributed by atoms with van der Waals surface area (Å²) in [5.74, 6) is 0. The standard InChI is InChI=1S/C30H33BO2/c1-9-20-16-15-19-24(21(20)10-2)27-22(11-3)23(12-4)28(26-18-14-13-17-25(26)27)31-32-29(5,6)30(7,8)33-31/h9-19H,3-4H2,1-2,5-8H3/b20-9-,21-10+. The Hall–Kier alpha value is -2.88. The van der Waals surface area contributed by atoms with Crippen molar-refractivity contribution in [2.24, 2.45) is 0 Å². The van der Waals surface area contributed by atoms with Crippen molar-refractivity contribution in [3.05, 3.63) is 77.2 Å². The first kappa shape index (κ1) is 23.3. The third-order valence-electron chi connectivity index (χ3n) is 7.24. The Kier molecular flexibility index (Phi) is 5.98. The molecule has 3 aromatic rings. The fourth-order valence-corrected chi connectivity index (χ4v) is 4.82. The summed E-state index contributed by atoms with van der Waals surface area (Å²) in [6, 6.07) is 15.0. The number of fused-ring (bicyclic) bond motifs is 1. The molecule has 1 saturated heterocycles. The smallest absolute Gasteiger partial charge is 0.399 e. The van der Waals surface area contributed by atoms with Gasteiger partial charge < -0.3 is 9.31 Å². The van der Waals surface area contributed by atoms with Crippen LogP contribution in [-0.2, 0) is 9.31 Å². The van der Waals surface area contributed by atoms with E-state index in [0.717, 1.165) is 32.9 Å². The maximum Gasteiger partial charge on any atom is 0.496 e. The molecule has 1 aliphatic heterocycles. The summed E-state index contributed by atoms with van der Waals surface area (Å²) in [7, 11) is -0.492. The van der Waals surface area contributed by atoms with Gasteiger partial charge in [0.05, 0.1) is 11.2 Å². The molecule has 1 fully saturated rings. The second kappa shape index (κ2) is 8.48. The minimum Gasteiger partial charge on any atom is -0.399 e. The van der Waals surface area contributed by atoms with Gasteiger partial charge in [0, 0.05) is 0 Å². The van der Waals surface area contributed by atoms with Crippen LogP contribution in [0.2, 0.25) is 0 Å². The number of hydrogen-bond acceptors (Lipinski definition) is 2. The lowest BCUT2D eigenvalue weighted by atomic mass is 9.70. The van der Waals surface area contributed by atoms with Crippen LogP contribution < -0.4 is 15.9 Å². The largest absolute Gasteiger partial charge is 0.496 e. The third-order valence-corrected chi connectivity index (χ3v) is 7.24. The Morgan fingerprint density at radius 2 is 1.36 bits per heavy atom. The zero-order valence-corrected chi connectivity index (χ0v) is 20.7. The zero-order valence-electron chi connectivity index (χ0n) is 20.7. The van der Waals surface area contributed by atoms with Crippen molar-refractivity contribution >= 4 is 47.7 Å². The van der Waals surface area contributed by atoms with E-state index in [1.54, 1.807) is 0 Å². The second-order valence-corrected chi connectivity index (χ2v) is 9.54. The van der Waals surface area contributed by atoms with E-state index in [2.05, 4.69) is 109 Å². The highest BCUT2D eigenvalue weighted by Crippen LogP contribution is 2.40. The molecule has 0 aliphatic carbocycles. The van der Waals surface area contributed by atoms with Crippen LogP contribution in [-0.4, -0.2) is 18.3 Å². The van der Waals surface area contributed by atoms with Crippen LogP contribution in [0.4, 0.5) is 0 Å². The van der Waals surface area contributed by atoms with Crippen molar-refractivity contribution in [2.45, 2.75) is 52.7 Å². The molecule has 3 heteroatoms. The molecule has 168 valence electrons. The summed E-state index contributed by atoms with van der Waals surface area (Å²) in [4.78, 5) is 0. The number of hydrogen-bond donors (Lipinski definition) is 0. The van der Waals surface area contributed by atoms with Gasteiger partial charge in [-0.2, -0.15) is 0 Å². The average Bonchev–Trinajstić information content (AvgIpc) is 3.02.